The van der Waals surface area contributed by atoms with Crippen molar-refractivity contribution in [1.29, 1.82) is 0 Å². The van der Waals surface area contributed by atoms with Gasteiger partial charge in [0.1, 0.15) is 0 Å². The number of hydrogen-bond acceptors (Lipinski definition) is 6. The lowest BCUT2D eigenvalue weighted by Gasteiger charge is -2.38. The smallest absolute Gasteiger partial charge is 0.240 e. The number of para-hydroxylation sites is 1. The number of imidazole rings is 1. The quantitative estimate of drug-likeness (QED) is 0.801. The van der Waals surface area contributed by atoms with Crippen LogP contribution in [0.1, 0.15) is 12.1 Å². The number of hydrogen-bond donors (Lipinski definition) is 1. The maximum atomic E-state index is 12.7. The molecule has 2 atom stereocenters. The summed E-state index contributed by atoms with van der Waals surface area (Å²) in [5, 5.41) is 3.49. The third-order valence-corrected chi connectivity index (χ3v) is 7.48. The van der Waals surface area contributed by atoms with Gasteiger partial charge in [0.25, 0.3) is 0 Å². The first-order chi connectivity index (χ1) is 14.7. The largest absolute Gasteiger partial charge is 0.339 e. The lowest BCUT2D eigenvalue weighted by atomic mass is 10.1. The Kier molecular flexibility index (Phi) is 5.71. The zero-order valence-electron chi connectivity index (χ0n) is 17.5. The van der Waals surface area contributed by atoms with Crippen LogP contribution >= 0.6 is 11.8 Å². The minimum Gasteiger partial charge on any atom is -0.339 e. The predicted octanol–water partition coefficient (Wildman–Crippen LogP) is 1.57. The molecule has 0 spiro atoms. The molecule has 3 fully saturated rings. The third kappa shape index (κ3) is 3.84. The number of piperazine rings is 1. The summed E-state index contributed by atoms with van der Waals surface area (Å²) in [6.45, 7) is 7.86. The van der Waals surface area contributed by atoms with E-state index in [4.69, 9.17) is 4.98 Å². The molecule has 0 unspecified atom stereocenters. The number of anilines is 1. The van der Waals surface area contributed by atoms with Gasteiger partial charge in [-0.3, -0.25) is 14.3 Å². The summed E-state index contributed by atoms with van der Waals surface area (Å²) in [5.41, 5.74) is 2.31. The summed E-state index contributed by atoms with van der Waals surface area (Å²) in [7, 11) is 0. The molecule has 8 heteroatoms. The molecule has 4 heterocycles. The molecule has 5 rings (SSSR count). The van der Waals surface area contributed by atoms with Crippen LogP contribution in [0, 0.1) is 6.92 Å². The van der Waals surface area contributed by atoms with Crippen molar-refractivity contribution in [3.8, 4) is 5.69 Å². The van der Waals surface area contributed by atoms with Crippen molar-refractivity contribution in [2.45, 2.75) is 25.4 Å². The Hall–Kier alpha value is -2.03. The Labute approximate surface area is 182 Å². The second kappa shape index (κ2) is 8.61. The Morgan fingerprint density at radius 2 is 1.93 bits per heavy atom. The zero-order valence-corrected chi connectivity index (χ0v) is 18.4. The maximum Gasteiger partial charge on any atom is 0.240 e. The summed E-state index contributed by atoms with van der Waals surface area (Å²) >= 11 is 1.85. The van der Waals surface area contributed by atoms with Crippen LogP contribution in [0.2, 0.25) is 0 Å². The summed E-state index contributed by atoms with van der Waals surface area (Å²) in [4.78, 5) is 24.4. The lowest BCUT2D eigenvalue weighted by Crippen LogP contribution is -2.51. The van der Waals surface area contributed by atoms with Crippen molar-refractivity contribution in [3.63, 3.8) is 0 Å². The van der Waals surface area contributed by atoms with Gasteiger partial charge in [0.2, 0.25) is 11.9 Å². The first-order valence-electron chi connectivity index (χ1n) is 10.9. The maximum absolute atomic E-state index is 12.7. The van der Waals surface area contributed by atoms with E-state index < -0.39 is 0 Å². The molecule has 160 valence electrons. The van der Waals surface area contributed by atoms with E-state index >= 15 is 0 Å². The van der Waals surface area contributed by atoms with Gasteiger partial charge in [-0.05, 0) is 25.5 Å². The minimum atomic E-state index is -0.00800. The summed E-state index contributed by atoms with van der Waals surface area (Å²) in [6, 6.07) is 10.9. The van der Waals surface area contributed by atoms with Crippen LogP contribution in [-0.4, -0.2) is 88.2 Å². The Balaban J connectivity index is 1.20. The van der Waals surface area contributed by atoms with Gasteiger partial charge >= 0.3 is 0 Å². The van der Waals surface area contributed by atoms with E-state index in [0.717, 1.165) is 74.6 Å². The highest BCUT2D eigenvalue weighted by Crippen LogP contribution is 2.25. The number of amides is 1. The van der Waals surface area contributed by atoms with Gasteiger partial charge in [0, 0.05) is 62.4 Å². The van der Waals surface area contributed by atoms with Crippen LogP contribution in [0.4, 0.5) is 5.95 Å². The molecule has 3 aliphatic rings. The molecule has 3 saturated heterocycles. The first kappa shape index (κ1) is 19.9. The number of rotatable bonds is 4. The van der Waals surface area contributed by atoms with Crippen LogP contribution in [0.3, 0.4) is 0 Å². The van der Waals surface area contributed by atoms with Crippen LogP contribution in [-0.2, 0) is 4.79 Å². The molecule has 0 saturated carbocycles. The van der Waals surface area contributed by atoms with Gasteiger partial charge in [-0.15, -0.1) is 11.8 Å². The van der Waals surface area contributed by atoms with Gasteiger partial charge in [0.15, 0.2) is 0 Å². The SMILES string of the molecule is Cc1cnc(N2CCN([C@@H]3CN[C@H](C(=O)N4CCSC4)C3)CC2)n1-c1ccccc1. The number of aryl methyl sites for hydroxylation is 1. The fraction of sp³-hybridized carbons (Fsp3) is 0.545. The van der Waals surface area contributed by atoms with E-state index in [1.807, 2.05) is 28.9 Å². The fourth-order valence-electron chi connectivity index (χ4n) is 4.82. The van der Waals surface area contributed by atoms with Crippen molar-refractivity contribution in [2.24, 2.45) is 0 Å². The highest BCUT2D eigenvalue weighted by Gasteiger charge is 2.37. The minimum absolute atomic E-state index is 0.00800. The number of carbonyl (C=O) groups is 1. The fourth-order valence-corrected chi connectivity index (χ4v) is 5.78. The van der Waals surface area contributed by atoms with E-state index in [2.05, 4.69) is 50.9 Å². The topological polar surface area (TPSA) is 56.6 Å². The molecule has 1 amide bonds. The molecular weight excluding hydrogens is 396 g/mol. The predicted molar refractivity (Wildman–Crippen MR) is 121 cm³/mol. The number of carbonyl (C=O) groups excluding carboxylic acids is 1. The number of aromatic nitrogens is 2. The van der Waals surface area contributed by atoms with Crippen molar-refractivity contribution < 1.29 is 4.79 Å². The second-order valence-electron chi connectivity index (χ2n) is 8.38. The van der Waals surface area contributed by atoms with Crippen molar-refractivity contribution >= 4 is 23.6 Å². The van der Waals surface area contributed by atoms with Gasteiger partial charge in [-0.1, -0.05) is 18.2 Å². The normalized spacial score (nSPS) is 25.2. The molecular formula is C22H30N6OS. The summed E-state index contributed by atoms with van der Waals surface area (Å²) < 4.78 is 2.25. The molecule has 0 bridgehead atoms. The van der Waals surface area contributed by atoms with Crippen LogP contribution in [0.15, 0.2) is 36.5 Å². The Morgan fingerprint density at radius 3 is 2.67 bits per heavy atom. The van der Waals surface area contributed by atoms with Crippen LogP contribution in [0.25, 0.3) is 5.69 Å². The van der Waals surface area contributed by atoms with Gasteiger partial charge in [-0.2, -0.15) is 0 Å². The second-order valence-corrected chi connectivity index (χ2v) is 9.46. The standard InChI is InChI=1S/C22H30N6OS/c1-17-14-24-22(28(17)18-5-3-2-4-6-18)26-9-7-25(8-10-26)19-13-20(23-15-19)21(29)27-11-12-30-16-27/h2-6,14,19-20,23H,7-13,15-16H2,1H3/t19-,20-/m0/s1. The Morgan fingerprint density at radius 1 is 1.13 bits per heavy atom. The van der Waals surface area contributed by atoms with Crippen molar-refractivity contribution in [3.05, 3.63) is 42.2 Å². The lowest BCUT2D eigenvalue weighted by molar-refractivity contribution is -0.131. The summed E-state index contributed by atoms with van der Waals surface area (Å²) in [5.74, 6) is 3.25. The number of thioether (sulfide) groups is 1. The average Bonchev–Trinajstić information content (AvgIpc) is 3.55. The van der Waals surface area contributed by atoms with E-state index in [1.165, 1.54) is 0 Å². The molecule has 0 aliphatic carbocycles. The molecule has 30 heavy (non-hydrogen) atoms. The molecule has 2 aromatic rings. The monoisotopic (exact) mass is 426 g/mol. The highest BCUT2D eigenvalue weighted by atomic mass is 32.2. The Bertz CT molecular complexity index is 873. The van der Waals surface area contributed by atoms with Crippen molar-refractivity contribution in [1.82, 2.24) is 24.7 Å². The first-order valence-corrected chi connectivity index (χ1v) is 12.0. The number of nitrogens with zero attached hydrogens (tertiary/aromatic N) is 5. The molecule has 0 radical (unpaired) electrons. The van der Waals surface area contributed by atoms with Crippen LogP contribution in [0.5, 0.6) is 0 Å². The van der Waals surface area contributed by atoms with E-state index in [0.29, 0.717) is 11.9 Å². The number of nitrogens with one attached hydrogen (secondary N) is 1. The highest BCUT2D eigenvalue weighted by molar-refractivity contribution is 7.99. The molecule has 1 N–H and O–H groups in total. The van der Waals surface area contributed by atoms with E-state index in [1.54, 1.807) is 0 Å². The van der Waals surface area contributed by atoms with Gasteiger partial charge in [0.05, 0.1) is 18.1 Å². The van der Waals surface area contributed by atoms with Gasteiger partial charge in [-0.25, -0.2) is 4.98 Å². The summed E-state index contributed by atoms with van der Waals surface area (Å²) in [6.07, 6.45) is 2.89. The van der Waals surface area contributed by atoms with Gasteiger partial charge < -0.3 is 15.1 Å². The van der Waals surface area contributed by atoms with E-state index in [9.17, 15) is 4.79 Å². The van der Waals surface area contributed by atoms with Crippen LogP contribution < -0.4 is 10.2 Å². The molecule has 1 aromatic carbocycles. The molecule has 7 nitrogen and oxygen atoms in total. The van der Waals surface area contributed by atoms with Crippen molar-refractivity contribution in [2.75, 3.05) is 55.8 Å². The average molecular weight is 427 g/mol. The molecule has 3 aliphatic heterocycles. The van der Waals surface area contributed by atoms with E-state index in [-0.39, 0.29) is 6.04 Å². The third-order valence-electron chi connectivity index (χ3n) is 6.52. The number of benzene rings is 1. The molecule has 1 aromatic heterocycles. The zero-order chi connectivity index (χ0) is 20.5.